The van der Waals surface area contributed by atoms with Crippen molar-refractivity contribution in [2.75, 3.05) is 13.2 Å². The lowest BCUT2D eigenvalue weighted by Crippen LogP contribution is -2.02. The van der Waals surface area contributed by atoms with Crippen molar-refractivity contribution in [2.24, 2.45) is 0 Å². The first kappa shape index (κ1) is 21.3. The Morgan fingerprint density at radius 1 is 1.06 bits per heavy atom. The van der Waals surface area contributed by atoms with Gasteiger partial charge in [-0.05, 0) is 47.2 Å². The number of benzene rings is 3. The predicted octanol–water partition coefficient (Wildman–Crippen LogP) is 6.25. The van der Waals surface area contributed by atoms with Crippen LogP contribution in [-0.2, 0) is 24.3 Å². The molecule has 0 unspecified atom stereocenters. The highest BCUT2D eigenvalue weighted by atomic mass is 16.5. The van der Waals surface area contributed by atoms with Gasteiger partial charge in [-0.25, -0.2) is 0 Å². The van der Waals surface area contributed by atoms with Crippen LogP contribution < -0.4 is 0 Å². The van der Waals surface area contributed by atoms with E-state index in [9.17, 15) is 10.2 Å². The molecular formula is C29H30N2O3. The zero-order valence-corrected chi connectivity index (χ0v) is 19.5. The Morgan fingerprint density at radius 2 is 1.94 bits per heavy atom. The SMILES string of the molecule is CCCCOCc1ccc2c(c1)c1c3c[nH]c(O)c3c3c(c1n2CCCO)Cc1ccccc1-3. The highest BCUT2D eigenvalue weighted by Crippen LogP contribution is 2.50. The number of aliphatic hydroxyl groups excluding tert-OH is 1. The lowest BCUT2D eigenvalue weighted by Gasteiger charge is -2.12. The van der Waals surface area contributed by atoms with Gasteiger partial charge in [0.1, 0.15) is 0 Å². The van der Waals surface area contributed by atoms with Crippen molar-refractivity contribution >= 4 is 32.6 Å². The maximum absolute atomic E-state index is 10.9. The van der Waals surface area contributed by atoms with Crippen LogP contribution in [0.25, 0.3) is 43.7 Å². The third-order valence-electron chi connectivity index (χ3n) is 7.20. The maximum Gasteiger partial charge on any atom is 0.197 e. The molecule has 0 saturated heterocycles. The van der Waals surface area contributed by atoms with E-state index < -0.39 is 0 Å². The van der Waals surface area contributed by atoms with E-state index in [4.69, 9.17) is 4.74 Å². The molecule has 5 heteroatoms. The number of nitrogens with one attached hydrogen (secondary N) is 1. The Kier molecular flexibility index (Phi) is 5.31. The van der Waals surface area contributed by atoms with Gasteiger partial charge in [-0.1, -0.05) is 43.7 Å². The van der Waals surface area contributed by atoms with Crippen molar-refractivity contribution in [3.63, 3.8) is 0 Å². The number of ether oxygens (including phenoxy) is 1. The molecule has 0 spiro atoms. The van der Waals surface area contributed by atoms with Crippen LogP contribution in [0.1, 0.15) is 42.9 Å². The van der Waals surface area contributed by atoms with Gasteiger partial charge in [0, 0.05) is 59.6 Å². The molecule has 0 radical (unpaired) electrons. The average Bonchev–Trinajstić information content (AvgIpc) is 3.51. The number of fused-ring (bicyclic) bond motifs is 10. The molecule has 5 aromatic rings. The van der Waals surface area contributed by atoms with Crippen molar-refractivity contribution in [2.45, 2.75) is 45.8 Å². The Labute approximate surface area is 198 Å². The second-order valence-electron chi connectivity index (χ2n) is 9.32. The normalized spacial score (nSPS) is 12.8. The number of hydrogen-bond donors (Lipinski definition) is 3. The number of aromatic nitrogens is 2. The first-order valence-electron chi connectivity index (χ1n) is 12.3. The minimum atomic E-state index is 0.153. The molecule has 174 valence electrons. The lowest BCUT2D eigenvalue weighted by atomic mass is 9.96. The molecule has 2 aromatic heterocycles. The standard InChI is InChI=1S/C29H30N2O3/c1-2-3-13-34-17-18-9-10-24-21(14-18)26-23-16-30-29(33)27(23)25-20-8-5-4-7-19(20)15-22(25)28(26)31(24)11-6-12-32/h4-5,7-10,14,16,30,32-33H,2-3,6,11-13,15,17H2,1H3. The molecule has 0 bridgehead atoms. The average molecular weight is 455 g/mol. The number of aryl methyl sites for hydroxylation is 1. The molecule has 5 nitrogen and oxygen atoms in total. The summed E-state index contributed by atoms with van der Waals surface area (Å²) in [4.78, 5) is 3.09. The second kappa shape index (κ2) is 8.49. The van der Waals surface area contributed by atoms with Crippen molar-refractivity contribution in [3.05, 3.63) is 65.4 Å². The summed E-state index contributed by atoms with van der Waals surface area (Å²) in [6.45, 7) is 4.43. The van der Waals surface area contributed by atoms with Gasteiger partial charge in [-0.3, -0.25) is 0 Å². The van der Waals surface area contributed by atoms with Gasteiger partial charge in [0.25, 0.3) is 0 Å². The molecule has 6 rings (SSSR count). The van der Waals surface area contributed by atoms with E-state index in [-0.39, 0.29) is 12.5 Å². The van der Waals surface area contributed by atoms with Crippen LogP contribution in [0.4, 0.5) is 0 Å². The summed E-state index contributed by atoms with van der Waals surface area (Å²) in [5.74, 6) is 0.222. The molecule has 0 fully saturated rings. The van der Waals surface area contributed by atoms with Crippen molar-refractivity contribution in [1.82, 2.24) is 9.55 Å². The molecule has 3 N–H and O–H groups in total. The van der Waals surface area contributed by atoms with Gasteiger partial charge in [-0.2, -0.15) is 0 Å². The maximum atomic E-state index is 10.9. The zero-order chi connectivity index (χ0) is 23.2. The molecule has 3 aromatic carbocycles. The first-order valence-corrected chi connectivity index (χ1v) is 12.3. The summed E-state index contributed by atoms with van der Waals surface area (Å²) in [5.41, 5.74) is 8.40. The largest absolute Gasteiger partial charge is 0.494 e. The molecule has 1 aliphatic carbocycles. The third kappa shape index (κ3) is 3.15. The van der Waals surface area contributed by atoms with Gasteiger partial charge in [0.2, 0.25) is 0 Å². The molecule has 0 aliphatic heterocycles. The Hall–Kier alpha value is -3.28. The molecule has 2 heterocycles. The summed E-state index contributed by atoms with van der Waals surface area (Å²) in [7, 11) is 0. The summed E-state index contributed by atoms with van der Waals surface area (Å²) >= 11 is 0. The topological polar surface area (TPSA) is 70.4 Å². The van der Waals surface area contributed by atoms with Crippen LogP contribution in [-0.4, -0.2) is 33.0 Å². The quantitative estimate of drug-likeness (QED) is 0.238. The number of aromatic amines is 1. The van der Waals surface area contributed by atoms with E-state index in [2.05, 4.69) is 58.9 Å². The fourth-order valence-corrected chi connectivity index (χ4v) is 5.69. The van der Waals surface area contributed by atoms with Crippen molar-refractivity contribution < 1.29 is 14.9 Å². The highest BCUT2D eigenvalue weighted by Gasteiger charge is 2.29. The lowest BCUT2D eigenvalue weighted by molar-refractivity contribution is 0.118. The van der Waals surface area contributed by atoms with Crippen LogP contribution in [0.15, 0.2) is 48.7 Å². The minimum Gasteiger partial charge on any atom is -0.494 e. The van der Waals surface area contributed by atoms with Gasteiger partial charge in [0.15, 0.2) is 5.88 Å². The minimum absolute atomic E-state index is 0.153. The van der Waals surface area contributed by atoms with Crippen LogP contribution >= 0.6 is 0 Å². The number of aliphatic hydroxyl groups is 1. The molecule has 1 aliphatic rings. The van der Waals surface area contributed by atoms with Crippen LogP contribution in [0, 0.1) is 0 Å². The summed E-state index contributed by atoms with van der Waals surface area (Å²) in [6, 6.07) is 15.1. The zero-order valence-electron chi connectivity index (χ0n) is 19.5. The number of rotatable bonds is 8. The number of aromatic hydroxyl groups is 1. The van der Waals surface area contributed by atoms with Gasteiger partial charge in [0.05, 0.1) is 17.5 Å². The number of hydrogen-bond acceptors (Lipinski definition) is 3. The monoisotopic (exact) mass is 454 g/mol. The van der Waals surface area contributed by atoms with E-state index >= 15 is 0 Å². The smallest absolute Gasteiger partial charge is 0.197 e. The first-order chi connectivity index (χ1) is 16.7. The van der Waals surface area contributed by atoms with E-state index in [1.54, 1.807) is 0 Å². The van der Waals surface area contributed by atoms with Gasteiger partial charge >= 0.3 is 0 Å². The van der Waals surface area contributed by atoms with E-state index in [1.807, 2.05) is 6.20 Å². The van der Waals surface area contributed by atoms with Gasteiger partial charge in [-0.15, -0.1) is 0 Å². The summed E-state index contributed by atoms with van der Waals surface area (Å²) in [5, 5.41) is 24.8. The molecule has 34 heavy (non-hydrogen) atoms. The fourth-order valence-electron chi connectivity index (χ4n) is 5.69. The van der Waals surface area contributed by atoms with E-state index in [0.717, 1.165) is 59.8 Å². The van der Waals surface area contributed by atoms with Crippen molar-refractivity contribution in [1.29, 1.82) is 0 Å². The Bertz CT molecular complexity index is 1530. The molecular weight excluding hydrogens is 424 g/mol. The van der Waals surface area contributed by atoms with E-state index in [1.165, 1.54) is 33.0 Å². The van der Waals surface area contributed by atoms with Crippen LogP contribution in [0.5, 0.6) is 5.88 Å². The number of nitrogens with zero attached hydrogens (tertiary/aromatic N) is 1. The highest BCUT2D eigenvalue weighted by molar-refractivity contribution is 6.27. The molecule has 0 saturated carbocycles. The van der Waals surface area contributed by atoms with Crippen LogP contribution in [0.3, 0.4) is 0 Å². The number of H-pyrrole nitrogens is 1. The molecule has 0 atom stereocenters. The van der Waals surface area contributed by atoms with Crippen LogP contribution in [0.2, 0.25) is 0 Å². The Balaban J connectivity index is 1.66. The molecule has 0 amide bonds. The summed E-state index contributed by atoms with van der Waals surface area (Å²) < 4.78 is 8.29. The fraction of sp³-hybridized carbons (Fsp3) is 0.310. The third-order valence-corrected chi connectivity index (χ3v) is 7.20. The predicted molar refractivity (Wildman–Crippen MR) is 137 cm³/mol. The van der Waals surface area contributed by atoms with Gasteiger partial charge < -0.3 is 24.5 Å². The van der Waals surface area contributed by atoms with Crippen molar-refractivity contribution in [3.8, 4) is 17.0 Å². The Morgan fingerprint density at radius 3 is 2.79 bits per heavy atom. The number of unbranched alkanes of at least 4 members (excludes halogenated alkanes) is 1. The second-order valence-corrected chi connectivity index (χ2v) is 9.32. The summed E-state index contributed by atoms with van der Waals surface area (Å²) in [6.07, 6.45) is 5.66. The van der Waals surface area contributed by atoms with E-state index in [0.29, 0.717) is 13.0 Å².